The van der Waals surface area contributed by atoms with Crippen LogP contribution in [0.15, 0.2) is 54.6 Å². The molecule has 4 unspecified atom stereocenters. The Balaban J connectivity index is 1.44. The third-order valence-electron chi connectivity index (χ3n) is 5.53. The molecule has 2 saturated heterocycles. The van der Waals surface area contributed by atoms with Crippen molar-refractivity contribution in [3.8, 4) is 0 Å². The first-order valence-electron chi connectivity index (χ1n) is 10.00. The molecule has 2 fully saturated rings. The van der Waals surface area contributed by atoms with Gasteiger partial charge < -0.3 is 10.6 Å². The second-order valence-electron chi connectivity index (χ2n) is 7.70. The van der Waals surface area contributed by atoms with Crippen LogP contribution in [0.4, 0.5) is 17.1 Å². The average Bonchev–Trinajstić information content (AvgIpc) is 3.07. The number of anilines is 3. The molecule has 2 amide bonds. The monoisotopic (exact) mass is 407 g/mol. The lowest BCUT2D eigenvalue weighted by molar-refractivity contribution is -0.136. The molecule has 2 aromatic rings. The van der Waals surface area contributed by atoms with Gasteiger partial charge in [0.05, 0.1) is 11.6 Å². The Labute approximate surface area is 175 Å². The van der Waals surface area contributed by atoms with E-state index in [0.29, 0.717) is 11.4 Å². The number of nitrogens with one attached hydrogen (secondary N) is 4. The molecule has 30 heavy (non-hydrogen) atoms. The van der Waals surface area contributed by atoms with Crippen molar-refractivity contribution < 1.29 is 14.4 Å². The van der Waals surface area contributed by atoms with E-state index < -0.39 is 5.92 Å². The van der Waals surface area contributed by atoms with Crippen molar-refractivity contribution in [1.82, 2.24) is 10.7 Å². The molecule has 0 spiro atoms. The number of rotatable bonds is 4. The van der Waals surface area contributed by atoms with E-state index in [-0.39, 0.29) is 42.3 Å². The Morgan fingerprint density at radius 3 is 2.27 bits per heavy atom. The van der Waals surface area contributed by atoms with Crippen molar-refractivity contribution in [2.45, 2.75) is 26.1 Å². The molecule has 2 heterocycles. The van der Waals surface area contributed by atoms with Crippen molar-refractivity contribution >= 4 is 34.7 Å². The molecule has 0 saturated carbocycles. The highest BCUT2D eigenvalue weighted by Gasteiger charge is 2.50. The molecule has 4 atom stereocenters. The van der Waals surface area contributed by atoms with Crippen LogP contribution in [-0.4, -0.2) is 36.3 Å². The zero-order valence-corrected chi connectivity index (χ0v) is 16.9. The zero-order chi connectivity index (χ0) is 21.3. The molecule has 4 rings (SSSR count). The Kier molecular flexibility index (Phi) is 5.52. The van der Waals surface area contributed by atoms with E-state index >= 15 is 0 Å². The van der Waals surface area contributed by atoms with Gasteiger partial charge in [-0.2, -0.15) is 0 Å². The number of fused-ring (bicyclic) bond motifs is 1. The van der Waals surface area contributed by atoms with Crippen LogP contribution >= 0.6 is 0 Å². The number of ketones is 1. The van der Waals surface area contributed by atoms with E-state index in [1.165, 1.54) is 6.92 Å². The molecule has 0 aliphatic carbocycles. The van der Waals surface area contributed by atoms with Gasteiger partial charge in [-0.25, -0.2) is 5.43 Å². The van der Waals surface area contributed by atoms with Gasteiger partial charge in [-0.05, 0) is 43.3 Å². The number of carbonyl (C=O) groups is 3. The number of carbonyl (C=O) groups excluding carboxylic acids is 3. The fourth-order valence-corrected chi connectivity index (χ4v) is 4.12. The van der Waals surface area contributed by atoms with Crippen LogP contribution in [0.1, 0.15) is 13.8 Å². The van der Waals surface area contributed by atoms with Gasteiger partial charge in [0.1, 0.15) is 12.1 Å². The van der Waals surface area contributed by atoms with Crippen LogP contribution in [0.5, 0.6) is 0 Å². The fourth-order valence-electron chi connectivity index (χ4n) is 4.12. The first kappa shape index (κ1) is 20.1. The van der Waals surface area contributed by atoms with Gasteiger partial charge in [0, 0.05) is 30.9 Å². The summed E-state index contributed by atoms with van der Waals surface area (Å²) in [4.78, 5) is 37.1. The fraction of sp³-hybridized carbons (Fsp3) is 0.318. The van der Waals surface area contributed by atoms with E-state index in [0.717, 1.165) is 5.69 Å². The van der Waals surface area contributed by atoms with Gasteiger partial charge >= 0.3 is 0 Å². The summed E-state index contributed by atoms with van der Waals surface area (Å²) in [6.45, 7) is 3.66. The maximum absolute atomic E-state index is 13.2. The second kappa shape index (κ2) is 8.25. The van der Waals surface area contributed by atoms with Crippen LogP contribution < -0.4 is 26.4 Å². The summed E-state index contributed by atoms with van der Waals surface area (Å²) < 4.78 is 0. The molecule has 2 aliphatic heterocycles. The Morgan fingerprint density at radius 1 is 1.00 bits per heavy atom. The molecule has 0 bridgehead atoms. The summed E-state index contributed by atoms with van der Waals surface area (Å²) in [5.74, 6) is -1.66. The molecule has 8 heteroatoms. The number of hydrogen-bond donors (Lipinski definition) is 4. The van der Waals surface area contributed by atoms with Gasteiger partial charge in [0.2, 0.25) is 11.8 Å². The first-order chi connectivity index (χ1) is 14.4. The van der Waals surface area contributed by atoms with Crippen molar-refractivity contribution in [1.29, 1.82) is 0 Å². The van der Waals surface area contributed by atoms with E-state index in [1.54, 1.807) is 24.3 Å². The van der Waals surface area contributed by atoms with Crippen LogP contribution in [-0.2, 0) is 14.4 Å². The van der Waals surface area contributed by atoms with Crippen LogP contribution in [0.3, 0.4) is 0 Å². The lowest BCUT2D eigenvalue weighted by Gasteiger charge is -2.35. The topological polar surface area (TPSA) is 103 Å². The molecule has 0 aromatic heterocycles. The van der Waals surface area contributed by atoms with E-state index in [1.807, 2.05) is 42.3 Å². The van der Waals surface area contributed by atoms with Gasteiger partial charge in [-0.15, -0.1) is 0 Å². The number of amides is 2. The molecular formula is C22H25N5O3. The van der Waals surface area contributed by atoms with Crippen molar-refractivity contribution in [3.63, 3.8) is 0 Å². The summed E-state index contributed by atoms with van der Waals surface area (Å²) in [5.41, 5.74) is 5.55. The molecule has 4 N–H and O–H groups in total. The van der Waals surface area contributed by atoms with Gasteiger partial charge in [0.25, 0.3) is 0 Å². The van der Waals surface area contributed by atoms with Crippen molar-refractivity contribution in [2.75, 3.05) is 22.2 Å². The first-order valence-corrected chi connectivity index (χ1v) is 10.00. The Morgan fingerprint density at radius 2 is 1.63 bits per heavy atom. The highest BCUT2D eigenvalue weighted by Crippen LogP contribution is 2.31. The summed E-state index contributed by atoms with van der Waals surface area (Å²) in [6.07, 6.45) is -0.198. The summed E-state index contributed by atoms with van der Waals surface area (Å²) >= 11 is 0. The molecule has 2 aliphatic rings. The minimum atomic E-state index is -0.763. The number of para-hydroxylation sites is 1. The Bertz CT molecular complexity index is 947. The third-order valence-corrected chi connectivity index (χ3v) is 5.53. The normalized spacial score (nSPS) is 25.5. The zero-order valence-electron chi connectivity index (χ0n) is 16.9. The largest absolute Gasteiger partial charge is 0.326 e. The lowest BCUT2D eigenvalue weighted by atomic mass is 9.83. The molecule has 0 radical (unpaired) electrons. The quantitative estimate of drug-likeness (QED) is 0.576. The van der Waals surface area contributed by atoms with Crippen molar-refractivity contribution in [3.05, 3.63) is 54.6 Å². The summed E-state index contributed by atoms with van der Waals surface area (Å²) in [6, 6.07) is 16.5. The minimum Gasteiger partial charge on any atom is -0.326 e. The summed E-state index contributed by atoms with van der Waals surface area (Å²) in [7, 11) is 0. The molecule has 156 valence electrons. The van der Waals surface area contributed by atoms with Gasteiger partial charge in [0.15, 0.2) is 5.78 Å². The van der Waals surface area contributed by atoms with Crippen molar-refractivity contribution in [2.24, 2.45) is 11.8 Å². The molecule has 8 nitrogen and oxygen atoms in total. The number of hydrogen-bond acceptors (Lipinski definition) is 6. The third kappa shape index (κ3) is 3.92. The number of Topliss-reactive ketones (excluding diaryl/α,β-unsaturated/α-hetero) is 1. The Hall–Kier alpha value is -3.23. The number of nitrogens with zero attached hydrogens (tertiary/aromatic N) is 1. The summed E-state index contributed by atoms with van der Waals surface area (Å²) in [5, 5.41) is 10.8. The highest BCUT2D eigenvalue weighted by atomic mass is 16.2. The number of hydrazine groups is 1. The van der Waals surface area contributed by atoms with Gasteiger partial charge in [-0.1, -0.05) is 18.2 Å². The highest BCUT2D eigenvalue weighted by molar-refractivity contribution is 6.09. The standard InChI is InChI=1S/C22H25N5O3/c1-13-19-20(29)18(12-23-21(19)27(26-13)17-6-4-3-5-7-17)22(30)25-16-10-8-15(9-11-16)24-14(2)28/h3-11,13,18-19,21,23,26H,12H2,1-2H3,(H,24,28)(H,25,30). The SMILES string of the molecule is CC(=O)Nc1ccc(NC(=O)C2CNC3C(C2=O)C(C)NN3c2ccccc2)cc1. The van der Waals surface area contributed by atoms with Crippen LogP contribution in [0, 0.1) is 11.8 Å². The predicted octanol–water partition coefficient (Wildman–Crippen LogP) is 1.73. The molecular weight excluding hydrogens is 382 g/mol. The number of benzene rings is 2. The average molecular weight is 407 g/mol. The smallest absolute Gasteiger partial charge is 0.236 e. The van der Waals surface area contributed by atoms with Crippen LogP contribution in [0.2, 0.25) is 0 Å². The molecule has 2 aromatic carbocycles. The number of piperidine rings is 1. The lowest BCUT2D eigenvalue weighted by Crippen LogP contribution is -2.58. The predicted molar refractivity (Wildman–Crippen MR) is 115 cm³/mol. The van der Waals surface area contributed by atoms with Crippen LogP contribution in [0.25, 0.3) is 0 Å². The van der Waals surface area contributed by atoms with E-state index in [9.17, 15) is 14.4 Å². The minimum absolute atomic E-state index is 0.0652. The maximum atomic E-state index is 13.2. The van der Waals surface area contributed by atoms with E-state index in [4.69, 9.17) is 0 Å². The van der Waals surface area contributed by atoms with Gasteiger partial charge in [-0.3, -0.25) is 24.7 Å². The van der Waals surface area contributed by atoms with E-state index in [2.05, 4.69) is 21.4 Å². The maximum Gasteiger partial charge on any atom is 0.236 e. The second-order valence-corrected chi connectivity index (χ2v) is 7.70.